The fraction of sp³-hybridized carbons (Fsp3) is 0.333. The first kappa shape index (κ1) is 22.5. The van der Waals surface area contributed by atoms with Gasteiger partial charge in [0.15, 0.2) is 0 Å². The van der Waals surface area contributed by atoms with Crippen LogP contribution in [0.2, 0.25) is 0 Å². The summed E-state index contributed by atoms with van der Waals surface area (Å²) in [6.45, 7) is 7.63. The standard InChI is InChI=1S/C27H33N3O/c1-20(2)8-7-9-21(3)16-17-30(4)25-14-12-22(13-15-25)27(31)29-24-18-23-10-5-6-11-26(23)28-19-24/h5-6,8,10-15,18-19,21H,7,9,16-17H2,1-4H3,(H,29,31). The monoisotopic (exact) mass is 415 g/mol. The summed E-state index contributed by atoms with van der Waals surface area (Å²) in [6, 6.07) is 17.6. The van der Waals surface area contributed by atoms with Crippen molar-refractivity contribution in [1.82, 2.24) is 4.98 Å². The normalized spacial score (nSPS) is 11.7. The first-order chi connectivity index (χ1) is 14.9. The molecule has 1 atom stereocenters. The van der Waals surface area contributed by atoms with E-state index in [4.69, 9.17) is 0 Å². The van der Waals surface area contributed by atoms with Gasteiger partial charge in [0.2, 0.25) is 0 Å². The molecule has 3 rings (SSSR count). The van der Waals surface area contributed by atoms with Gasteiger partial charge in [0, 0.05) is 30.2 Å². The molecular formula is C27H33N3O. The molecular weight excluding hydrogens is 382 g/mol. The van der Waals surface area contributed by atoms with Gasteiger partial charge in [0.25, 0.3) is 5.91 Å². The Bertz CT molecular complexity index is 1040. The van der Waals surface area contributed by atoms with Crippen molar-refractivity contribution in [2.45, 2.75) is 40.0 Å². The van der Waals surface area contributed by atoms with Gasteiger partial charge < -0.3 is 10.2 Å². The van der Waals surface area contributed by atoms with Crippen LogP contribution in [-0.2, 0) is 0 Å². The van der Waals surface area contributed by atoms with E-state index in [1.165, 1.54) is 12.0 Å². The maximum absolute atomic E-state index is 12.6. The summed E-state index contributed by atoms with van der Waals surface area (Å²) >= 11 is 0. The number of nitrogens with one attached hydrogen (secondary N) is 1. The number of carbonyl (C=O) groups is 1. The molecule has 2 aromatic carbocycles. The Hall–Kier alpha value is -3.14. The van der Waals surface area contributed by atoms with Gasteiger partial charge >= 0.3 is 0 Å². The van der Waals surface area contributed by atoms with Crippen molar-refractivity contribution < 1.29 is 4.79 Å². The van der Waals surface area contributed by atoms with Gasteiger partial charge in [-0.3, -0.25) is 9.78 Å². The molecule has 1 amide bonds. The number of nitrogens with zero attached hydrogens (tertiary/aromatic N) is 2. The number of pyridine rings is 1. The van der Waals surface area contributed by atoms with Crippen LogP contribution < -0.4 is 10.2 Å². The number of carbonyl (C=O) groups excluding carboxylic acids is 1. The highest BCUT2D eigenvalue weighted by molar-refractivity contribution is 6.05. The zero-order chi connectivity index (χ0) is 22.2. The molecule has 0 spiro atoms. The molecule has 1 N–H and O–H groups in total. The van der Waals surface area contributed by atoms with Crippen molar-refractivity contribution in [1.29, 1.82) is 0 Å². The maximum atomic E-state index is 12.6. The van der Waals surface area contributed by atoms with Gasteiger partial charge in [-0.1, -0.05) is 36.8 Å². The molecule has 0 aliphatic carbocycles. The molecule has 0 radical (unpaired) electrons. The fourth-order valence-corrected chi connectivity index (χ4v) is 3.55. The number of fused-ring (bicyclic) bond motifs is 1. The summed E-state index contributed by atoms with van der Waals surface area (Å²) in [5.41, 5.74) is 4.78. The van der Waals surface area contributed by atoms with E-state index in [-0.39, 0.29) is 5.91 Å². The molecule has 0 aliphatic rings. The van der Waals surface area contributed by atoms with Crippen LogP contribution in [0.15, 0.2) is 72.4 Å². The first-order valence-electron chi connectivity index (χ1n) is 11.0. The topological polar surface area (TPSA) is 45.2 Å². The molecule has 1 heterocycles. The second-order valence-corrected chi connectivity index (χ2v) is 8.59. The van der Waals surface area contributed by atoms with Gasteiger partial charge in [0.05, 0.1) is 17.4 Å². The highest BCUT2D eigenvalue weighted by Gasteiger charge is 2.09. The van der Waals surface area contributed by atoms with Crippen molar-refractivity contribution >= 4 is 28.2 Å². The lowest BCUT2D eigenvalue weighted by atomic mass is 10.0. The molecule has 162 valence electrons. The largest absolute Gasteiger partial charge is 0.375 e. The molecule has 0 bridgehead atoms. The third-order valence-electron chi connectivity index (χ3n) is 5.59. The Morgan fingerprint density at radius 3 is 2.58 bits per heavy atom. The summed E-state index contributed by atoms with van der Waals surface area (Å²) in [5.74, 6) is 0.567. The lowest BCUT2D eigenvalue weighted by molar-refractivity contribution is 0.102. The van der Waals surface area contributed by atoms with E-state index in [9.17, 15) is 4.79 Å². The Kier molecular flexibility index (Phi) is 7.82. The van der Waals surface area contributed by atoms with E-state index in [2.05, 4.69) is 49.1 Å². The molecule has 3 aromatic rings. The maximum Gasteiger partial charge on any atom is 0.255 e. The summed E-state index contributed by atoms with van der Waals surface area (Å²) in [4.78, 5) is 19.3. The average Bonchev–Trinajstić information content (AvgIpc) is 2.77. The number of allylic oxidation sites excluding steroid dienone is 2. The zero-order valence-corrected chi connectivity index (χ0v) is 19.1. The number of amides is 1. The van der Waals surface area contributed by atoms with E-state index >= 15 is 0 Å². The minimum atomic E-state index is -0.126. The van der Waals surface area contributed by atoms with E-state index in [0.29, 0.717) is 17.2 Å². The van der Waals surface area contributed by atoms with Crippen molar-refractivity contribution in [3.63, 3.8) is 0 Å². The Morgan fingerprint density at radius 2 is 1.84 bits per heavy atom. The molecule has 0 saturated heterocycles. The number of aromatic nitrogens is 1. The van der Waals surface area contributed by atoms with Gasteiger partial charge in [0.1, 0.15) is 0 Å². The molecule has 1 unspecified atom stereocenters. The quantitative estimate of drug-likeness (QED) is 0.396. The van der Waals surface area contributed by atoms with Crippen molar-refractivity contribution in [2.24, 2.45) is 5.92 Å². The lowest BCUT2D eigenvalue weighted by Gasteiger charge is -2.21. The summed E-state index contributed by atoms with van der Waals surface area (Å²) in [6.07, 6.45) is 7.55. The Balaban J connectivity index is 1.53. The molecule has 0 saturated carbocycles. The number of benzene rings is 2. The molecule has 4 nitrogen and oxygen atoms in total. The molecule has 31 heavy (non-hydrogen) atoms. The van der Waals surface area contributed by atoms with Crippen LogP contribution in [0.1, 0.15) is 50.4 Å². The predicted molar refractivity (Wildman–Crippen MR) is 132 cm³/mol. The van der Waals surface area contributed by atoms with E-state index < -0.39 is 0 Å². The van der Waals surface area contributed by atoms with Crippen LogP contribution in [0.5, 0.6) is 0 Å². The van der Waals surface area contributed by atoms with Crippen molar-refractivity contribution in [2.75, 3.05) is 23.8 Å². The van der Waals surface area contributed by atoms with Gasteiger partial charge in [-0.05, 0) is 75.4 Å². The van der Waals surface area contributed by atoms with Crippen LogP contribution >= 0.6 is 0 Å². The summed E-state index contributed by atoms with van der Waals surface area (Å²) in [7, 11) is 2.11. The van der Waals surface area contributed by atoms with E-state index in [0.717, 1.165) is 36.0 Å². The molecule has 4 heteroatoms. The summed E-state index contributed by atoms with van der Waals surface area (Å²) < 4.78 is 0. The van der Waals surface area contributed by atoms with Crippen LogP contribution in [0, 0.1) is 5.92 Å². The van der Waals surface area contributed by atoms with Gasteiger partial charge in [-0.15, -0.1) is 0 Å². The second kappa shape index (κ2) is 10.8. The Morgan fingerprint density at radius 1 is 1.10 bits per heavy atom. The second-order valence-electron chi connectivity index (χ2n) is 8.59. The van der Waals surface area contributed by atoms with Crippen molar-refractivity contribution in [3.8, 4) is 0 Å². The minimum Gasteiger partial charge on any atom is -0.375 e. The zero-order valence-electron chi connectivity index (χ0n) is 19.1. The van der Waals surface area contributed by atoms with Crippen molar-refractivity contribution in [3.05, 3.63) is 78.0 Å². The van der Waals surface area contributed by atoms with E-state index in [1.54, 1.807) is 6.20 Å². The van der Waals surface area contributed by atoms with Gasteiger partial charge in [-0.25, -0.2) is 0 Å². The SMILES string of the molecule is CC(C)=CCCC(C)CCN(C)c1ccc(C(=O)Nc2cnc3ccccc3c2)cc1. The number of rotatable bonds is 9. The number of hydrogen-bond acceptors (Lipinski definition) is 3. The van der Waals surface area contributed by atoms with Gasteiger partial charge in [-0.2, -0.15) is 0 Å². The molecule has 0 aliphatic heterocycles. The fourth-order valence-electron chi connectivity index (χ4n) is 3.55. The minimum absolute atomic E-state index is 0.126. The third kappa shape index (κ3) is 6.68. The average molecular weight is 416 g/mol. The lowest BCUT2D eigenvalue weighted by Crippen LogP contribution is -2.20. The first-order valence-corrected chi connectivity index (χ1v) is 11.0. The highest BCUT2D eigenvalue weighted by Crippen LogP contribution is 2.20. The number of hydrogen-bond donors (Lipinski definition) is 1. The predicted octanol–water partition coefficient (Wildman–Crippen LogP) is 6.70. The van der Waals surface area contributed by atoms with Crippen LogP contribution in [0.4, 0.5) is 11.4 Å². The van der Waals surface area contributed by atoms with Crippen LogP contribution in [0.3, 0.4) is 0 Å². The van der Waals surface area contributed by atoms with Crippen LogP contribution in [0.25, 0.3) is 10.9 Å². The summed E-state index contributed by atoms with van der Waals surface area (Å²) in [5, 5.41) is 3.95. The smallest absolute Gasteiger partial charge is 0.255 e. The van der Waals surface area contributed by atoms with E-state index in [1.807, 2.05) is 54.6 Å². The number of para-hydroxylation sites is 1. The number of anilines is 2. The highest BCUT2D eigenvalue weighted by atomic mass is 16.1. The Labute approximate surface area is 186 Å². The third-order valence-corrected chi connectivity index (χ3v) is 5.59. The molecule has 1 aromatic heterocycles. The molecule has 0 fully saturated rings. The van der Waals surface area contributed by atoms with Crippen LogP contribution in [-0.4, -0.2) is 24.5 Å².